The van der Waals surface area contributed by atoms with E-state index in [1.54, 1.807) is 36.4 Å². The SMILES string of the molecule is COc1ccc(NC(=O)C2CCN(c3ccccc3[N+](=O)[O-])CC2)cc1Cl. The molecule has 1 saturated heterocycles. The van der Waals surface area contributed by atoms with Gasteiger partial charge < -0.3 is 15.0 Å². The van der Waals surface area contributed by atoms with Gasteiger partial charge in [0.15, 0.2) is 0 Å². The van der Waals surface area contributed by atoms with Crippen LogP contribution in [0.15, 0.2) is 42.5 Å². The van der Waals surface area contributed by atoms with Crippen LogP contribution in [0.3, 0.4) is 0 Å². The van der Waals surface area contributed by atoms with Crippen molar-refractivity contribution in [2.24, 2.45) is 5.92 Å². The summed E-state index contributed by atoms with van der Waals surface area (Å²) in [4.78, 5) is 25.3. The van der Waals surface area contributed by atoms with Gasteiger partial charge in [-0.05, 0) is 37.1 Å². The van der Waals surface area contributed by atoms with Crippen LogP contribution in [-0.2, 0) is 4.79 Å². The van der Waals surface area contributed by atoms with Crippen molar-refractivity contribution in [2.45, 2.75) is 12.8 Å². The van der Waals surface area contributed by atoms with E-state index >= 15 is 0 Å². The molecule has 1 N–H and O–H groups in total. The minimum absolute atomic E-state index is 0.0709. The topological polar surface area (TPSA) is 84.7 Å². The normalized spacial score (nSPS) is 14.7. The van der Waals surface area contributed by atoms with Crippen molar-refractivity contribution in [1.29, 1.82) is 0 Å². The monoisotopic (exact) mass is 389 g/mol. The van der Waals surface area contributed by atoms with Gasteiger partial charge in [-0.25, -0.2) is 0 Å². The van der Waals surface area contributed by atoms with Crippen LogP contribution in [0.25, 0.3) is 0 Å². The van der Waals surface area contributed by atoms with Crippen LogP contribution >= 0.6 is 11.6 Å². The number of carbonyl (C=O) groups excluding carboxylic acids is 1. The highest BCUT2D eigenvalue weighted by Crippen LogP contribution is 2.32. The van der Waals surface area contributed by atoms with E-state index in [-0.39, 0.29) is 22.4 Å². The second-order valence-electron chi connectivity index (χ2n) is 6.35. The molecule has 0 aromatic heterocycles. The number of nitrogens with one attached hydrogen (secondary N) is 1. The first-order chi connectivity index (χ1) is 13.0. The Morgan fingerprint density at radius 1 is 1.26 bits per heavy atom. The number of piperidine rings is 1. The van der Waals surface area contributed by atoms with Crippen LogP contribution in [-0.4, -0.2) is 31.0 Å². The van der Waals surface area contributed by atoms with E-state index in [0.29, 0.717) is 48.1 Å². The van der Waals surface area contributed by atoms with E-state index in [1.807, 2.05) is 4.90 Å². The van der Waals surface area contributed by atoms with Crippen molar-refractivity contribution in [1.82, 2.24) is 0 Å². The van der Waals surface area contributed by atoms with Gasteiger partial charge in [0, 0.05) is 30.8 Å². The van der Waals surface area contributed by atoms with Crippen LogP contribution in [0.5, 0.6) is 5.75 Å². The molecule has 2 aromatic rings. The number of amides is 1. The summed E-state index contributed by atoms with van der Waals surface area (Å²) in [7, 11) is 1.53. The third-order valence-corrected chi connectivity index (χ3v) is 5.00. The molecule has 7 nitrogen and oxygen atoms in total. The summed E-state index contributed by atoms with van der Waals surface area (Å²) in [6.45, 7) is 1.18. The first-order valence-corrected chi connectivity index (χ1v) is 9.00. The van der Waals surface area contributed by atoms with Gasteiger partial charge in [0.1, 0.15) is 11.4 Å². The second-order valence-corrected chi connectivity index (χ2v) is 6.75. The molecule has 0 aliphatic carbocycles. The van der Waals surface area contributed by atoms with E-state index in [0.717, 1.165) is 0 Å². The minimum Gasteiger partial charge on any atom is -0.495 e. The van der Waals surface area contributed by atoms with Crippen LogP contribution in [0, 0.1) is 16.0 Å². The Hall–Kier alpha value is -2.80. The molecule has 0 atom stereocenters. The average Bonchev–Trinajstić information content (AvgIpc) is 2.68. The Labute approximate surface area is 162 Å². The van der Waals surface area contributed by atoms with Gasteiger partial charge in [0.2, 0.25) is 5.91 Å². The standard InChI is InChI=1S/C19H20ClN3O4/c1-27-18-7-6-14(12-15(18)20)21-19(24)13-8-10-22(11-9-13)16-4-2-3-5-17(16)23(25)26/h2-7,12-13H,8-11H2,1H3,(H,21,24). The molecule has 0 spiro atoms. The Balaban J connectivity index is 1.61. The smallest absolute Gasteiger partial charge is 0.292 e. The van der Waals surface area contributed by atoms with Crippen molar-refractivity contribution >= 4 is 34.6 Å². The summed E-state index contributed by atoms with van der Waals surface area (Å²) < 4.78 is 5.10. The lowest BCUT2D eigenvalue weighted by atomic mass is 9.95. The van der Waals surface area contributed by atoms with Crippen molar-refractivity contribution < 1.29 is 14.5 Å². The first kappa shape index (κ1) is 19.0. The molecule has 0 radical (unpaired) electrons. The minimum atomic E-state index is -0.373. The molecule has 8 heteroatoms. The van der Waals surface area contributed by atoms with E-state index in [9.17, 15) is 14.9 Å². The number of rotatable bonds is 5. The number of benzene rings is 2. The lowest BCUT2D eigenvalue weighted by molar-refractivity contribution is -0.384. The predicted molar refractivity (Wildman–Crippen MR) is 105 cm³/mol. The van der Waals surface area contributed by atoms with Gasteiger partial charge in [-0.2, -0.15) is 0 Å². The lowest BCUT2D eigenvalue weighted by Crippen LogP contribution is -2.38. The number of halogens is 1. The Morgan fingerprint density at radius 2 is 1.96 bits per heavy atom. The zero-order valence-corrected chi connectivity index (χ0v) is 15.6. The van der Waals surface area contributed by atoms with Gasteiger partial charge in [-0.1, -0.05) is 23.7 Å². The molecule has 142 valence electrons. The highest BCUT2D eigenvalue weighted by atomic mass is 35.5. The first-order valence-electron chi connectivity index (χ1n) is 8.62. The Morgan fingerprint density at radius 3 is 2.59 bits per heavy atom. The van der Waals surface area contributed by atoms with Gasteiger partial charge in [0.25, 0.3) is 5.69 Å². The third kappa shape index (κ3) is 4.31. The highest BCUT2D eigenvalue weighted by Gasteiger charge is 2.28. The zero-order valence-electron chi connectivity index (χ0n) is 14.9. The number of hydrogen-bond acceptors (Lipinski definition) is 5. The van der Waals surface area contributed by atoms with Crippen molar-refractivity contribution in [3.63, 3.8) is 0 Å². The maximum Gasteiger partial charge on any atom is 0.292 e. The number of ether oxygens (including phenoxy) is 1. The molecule has 0 unspecified atom stereocenters. The van der Waals surface area contributed by atoms with Crippen LogP contribution in [0.4, 0.5) is 17.1 Å². The number of nitrogens with zero attached hydrogens (tertiary/aromatic N) is 2. The number of methoxy groups -OCH3 is 1. The molecular weight excluding hydrogens is 370 g/mol. The number of para-hydroxylation sites is 2. The average molecular weight is 390 g/mol. The van der Waals surface area contributed by atoms with Crippen molar-refractivity contribution in [3.8, 4) is 5.75 Å². The highest BCUT2D eigenvalue weighted by molar-refractivity contribution is 6.32. The van der Waals surface area contributed by atoms with E-state index in [4.69, 9.17) is 16.3 Å². The van der Waals surface area contributed by atoms with E-state index in [1.165, 1.54) is 13.2 Å². The van der Waals surface area contributed by atoms with Crippen molar-refractivity contribution in [3.05, 3.63) is 57.6 Å². The Kier molecular flexibility index (Phi) is 5.81. The second kappa shape index (κ2) is 8.26. The number of nitro groups is 1. The molecule has 0 bridgehead atoms. The molecule has 0 saturated carbocycles. The molecule has 1 aliphatic heterocycles. The number of hydrogen-bond donors (Lipinski definition) is 1. The summed E-state index contributed by atoms with van der Waals surface area (Å²) in [6, 6.07) is 11.8. The predicted octanol–water partition coefficient (Wildman–Crippen LogP) is 4.11. The molecule has 1 aliphatic rings. The summed E-state index contributed by atoms with van der Waals surface area (Å²) in [6.07, 6.45) is 1.25. The molecule has 2 aromatic carbocycles. The Bertz CT molecular complexity index is 851. The lowest BCUT2D eigenvalue weighted by Gasteiger charge is -2.32. The molecule has 1 amide bonds. The fraction of sp³-hybridized carbons (Fsp3) is 0.316. The van der Waals surface area contributed by atoms with Gasteiger partial charge in [-0.3, -0.25) is 14.9 Å². The third-order valence-electron chi connectivity index (χ3n) is 4.70. The van der Waals surface area contributed by atoms with Crippen LogP contribution in [0.2, 0.25) is 5.02 Å². The van der Waals surface area contributed by atoms with E-state index in [2.05, 4.69) is 5.32 Å². The summed E-state index contributed by atoms with van der Waals surface area (Å²) in [5.41, 5.74) is 1.31. The maximum absolute atomic E-state index is 12.5. The summed E-state index contributed by atoms with van der Waals surface area (Å²) in [5, 5.41) is 14.5. The molecule has 1 heterocycles. The largest absolute Gasteiger partial charge is 0.495 e. The van der Waals surface area contributed by atoms with Gasteiger partial charge >= 0.3 is 0 Å². The van der Waals surface area contributed by atoms with E-state index < -0.39 is 0 Å². The van der Waals surface area contributed by atoms with Gasteiger partial charge in [0.05, 0.1) is 17.1 Å². The maximum atomic E-state index is 12.5. The number of nitro benzene ring substituents is 1. The summed E-state index contributed by atoms with van der Waals surface area (Å²) in [5.74, 6) is 0.329. The molecular formula is C19H20ClN3O4. The molecule has 1 fully saturated rings. The van der Waals surface area contributed by atoms with Gasteiger partial charge in [-0.15, -0.1) is 0 Å². The zero-order chi connectivity index (χ0) is 19.4. The number of anilines is 2. The summed E-state index contributed by atoms with van der Waals surface area (Å²) >= 11 is 6.09. The molecule has 27 heavy (non-hydrogen) atoms. The fourth-order valence-corrected chi connectivity index (χ4v) is 3.51. The molecule has 3 rings (SSSR count). The number of carbonyl (C=O) groups is 1. The quantitative estimate of drug-likeness (QED) is 0.614. The van der Waals surface area contributed by atoms with Crippen LogP contribution in [0.1, 0.15) is 12.8 Å². The fourth-order valence-electron chi connectivity index (χ4n) is 3.26. The van der Waals surface area contributed by atoms with Crippen molar-refractivity contribution in [2.75, 3.05) is 30.4 Å². The van der Waals surface area contributed by atoms with Crippen LogP contribution < -0.4 is 15.0 Å².